The minimum absolute atomic E-state index is 0.0286. The number of likely N-dealkylation sites (tertiary alicyclic amines) is 1. The van der Waals surface area contributed by atoms with Gasteiger partial charge in [-0.25, -0.2) is 4.39 Å². The number of benzene rings is 1. The summed E-state index contributed by atoms with van der Waals surface area (Å²) in [5.74, 6) is -0.263. The van der Waals surface area contributed by atoms with E-state index in [1.165, 1.54) is 12.1 Å². The molecule has 1 unspecified atom stereocenters. The minimum Gasteiger partial charge on any atom is -0.338 e. The van der Waals surface area contributed by atoms with Crippen LogP contribution < -0.4 is 0 Å². The van der Waals surface area contributed by atoms with Gasteiger partial charge in [0.25, 0.3) is 5.91 Å². The van der Waals surface area contributed by atoms with Crippen molar-refractivity contribution in [3.63, 3.8) is 0 Å². The Morgan fingerprint density at radius 2 is 1.92 bits per heavy atom. The molecule has 3 fully saturated rings. The molecule has 2 heterocycles. The summed E-state index contributed by atoms with van der Waals surface area (Å²) in [4.78, 5) is 27.7. The Balaban J connectivity index is 1.50. The third kappa shape index (κ3) is 2.88. The summed E-state index contributed by atoms with van der Waals surface area (Å²) in [6.07, 6.45) is 3.26. The van der Waals surface area contributed by atoms with Crippen LogP contribution in [0.4, 0.5) is 4.39 Å². The van der Waals surface area contributed by atoms with Gasteiger partial charge in [-0.3, -0.25) is 13.8 Å². The Labute approximate surface area is 148 Å². The van der Waals surface area contributed by atoms with Crippen LogP contribution in [0.3, 0.4) is 0 Å². The molecule has 0 bridgehead atoms. The van der Waals surface area contributed by atoms with Crippen molar-refractivity contribution < 1.29 is 18.2 Å². The predicted molar refractivity (Wildman–Crippen MR) is 91.7 cm³/mol. The predicted octanol–water partition coefficient (Wildman–Crippen LogP) is 1.76. The van der Waals surface area contributed by atoms with Crippen molar-refractivity contribution in [2.24, 2.45) is 5.92 Å². The summed E-state index contributed by atoms with van der Waals surface area (Å²) in [5.41, 5.74) is 0.0666. The molecule has 1 aromatic carbocycles. The maximum absolute atomic E-state index is 13.9. The highest BCUT2D eigenvalue weighted by Gasteiger charge is 2.54. The van der Waals surface area contributed by atoms with Crippen LogP contribution in [-0.4, -0.2) is 56.1 Å². The summed E-state index contributed by atoms with van der Waals surface area (Å²) in [7, 11) is -1.23. The lowest BCUT2D eigenvalue weighted by atomic mass is 10.0. The van der Waals surface area contributed by atoms with E-state index in [4.69, 9.17) is 0 Å². The third-order valence-electron chi connectivity index (χ3n) is 5.55. The molecule has 3 aliphatic rings. The number of hydrogen-bond acceptors (Lipinski definition) is 3. The molecular weight excluding hydrogens is 343 g/mol. The lowest BCUT2D eigenvalue weighted by Crippen LogP contribution is -2.56. The molecule has 134 valence electrons. The standard InChI is InChI=1S/C18H21FN2O3S/c19-15-4-2-1-3-14(15)17(23)20-9-7-18(8-10-20)21(11-13-5-6-13)16(22)12-25(18)24/h1-4,13H,5-12H2. The molecule has 1 aliphatic carbocycles. The average Bonchev–Trinajstić information content (AvgIpc) is 3.40. The van der Waals surface area contributed by atoms with E-state index >= 15 is 0 Å². The first-order valence-electron chi connectivity index (χ1n) is 8.74. The maximum Gasteiger partial charge on any atom is 0.256 e. The molecule has 2 aliphatic heterocycles. The number of halogens is 1. The van der Waals surface area contributed by atoms with Crippen molar-refractivity contribution in [2.75, 3.05) is 25.4 Å². The van der Waals surface area contributed by atoms with Crippen LogP contribution in [-0.2, 0) is 15.6 Å². The number of amides is 2. The van der Waals surface area contributed by atoms with Crippen LogP contribution in [0.25, 0.3) is 0 Å². The molecule has 25 heavy (non-hydrogen) atoms. The van der Waals surface area contributed by atoms with Gasteiger partial charge < -0.3 is 9.80 Å². The molecule has 2 saturated heterocycles. The highest BCUT2D eigenvalue weighted by molar-refractivity contribution is 7.87. The summed E-state index contributed by atoms with van der Waals surface area (Å²) < 4.78 is 26.5. The number of carbonyl (C=O) groups excluding carboxylic acids is 2. The van der Waals surface area contributed by atoms with Crippen molar-refractivity contribution in [2.45, 2.75) is 30.6 Å². The Bertz CT molecular complexity index is 742. The van der Waals surface area contributed by atoms with Gasteiger partial charge in [-0.05, 0) is 30.9 Å². The number of piperidine rings is 1. The third-order valence-corrected chi connectivity index (χ3v) is 7.53. The number of rotatable bonds is 3. The molecule has 0 N–H and O–H groups in total. The van der Waals surface area contributed by atoms with E-state index in [2.05, 4.69) is 0 Å². The highest BCUT2D eigenvalue weighted by atomic mass is 32.2. The Kier molecular flexibility index (Phi) is 4.14. The summed E-state index contributed by atoms with van der Waals surface area (Å²) in [6, 6.07) is 5.96. The number of hydrogen-bond donors (Lipinski definition) is 0. The second-order valence-corrected chi connectivity index (χ2v) is 8.90. The second-order valence-electron chi connectivity index (χ2n) is 7.16. The first-order chi connectivity index (χ1) is 12.0. The van der Waals surface area contributed by atoms with Crippen molar-refractivity contribution in [3.05, 3.63) is 35.6 Å². The van der Waals surface area contributed by atoms with Gasteiger partial charge in [-0.2, -0.15) is 0 Å². The fraction of sp³-hybridized carbons (Fsp3) is 0.556. The zero-order chi connectivity index (χ0) is 17.6. The van der Waals surface area contributed by atoms with Crippen molar-refractivity contribution >= 4 is 22.6 Å². The monoisotopic (exact) mass is 364 g/mol. The smallest absolute Gasteiger partial charge is 0.256 e. The maximum atomic E-state index is 13.9. The Morgan fingerprint density at radius 1 is 1.24 bits per heavy atom. The van der Waals surface area contributed by atoms with Gasteiger partial charge in [0.1, 0.15) is 16.4 Å². The lowest BCUT2D eigenvalue weighted by Gasteiger charge is -2.43. The van der Waals surface area contributed by atoms with Crippen LogP contribution in [0.2, 0.25) is 0 Å². The quantitative estimate of drug-likeness (QED) is 0.821. The molecule has 4 rings (SSSR count). The van der Waals surface area contributed by atoms with Gasteiger partial charge >= 0.3 is 0 Å². The minimum atomic E-state index is -1.23. The molecule has 0 radical (unpaired) electrons. The fourth-order valence-corrected chi connectivity index (χ4v) is 5.57. The van der Waals surface area contributed by atoms with Gasteiger partial charge in [-0.1, -0.05) is 12.1 Å². The molecule has 1 aromatic rings. The van der Waals surface area contributed by atoms with Crippen LogP contribution in [0.15, 0.2) is 24.3 Å². The average molecular weight is 364 g/mol. The van der Waals surface area contributed by atoms with Crippen molar-refractivity contribution in [3.8, 4) is 0 Å². The topological polar surface area (TPSA) is 57.7 Å². The van der Waals surface area contributed by atoms with Crippen LogP contribution in [0.5, 0.6) is 0 Å². The summed E-state index contributed by atoms with van der Waals surface area (Å²) in [6.45, 7) is 1.48. The largest absolute Gasteiger partial charge is 0.338 e. The molecule has 5 nitrogen and oxygen atoms in total. The van der Waals surface area contributed by atoms with Gasteiger partial charge in [0.2, 0.25) is 5.91 Å². The lowest BCUT2D eigenvalue weighted by molar-refractivity contribution is -0.131. The van der Waals surface area contributed by atoms with E-state index < -0.39 is 21.5 Å². The molecule has 1 saturated carbocycles. The van der Waals surface area contributed by atoms with Crippen molar-refractivity contribution in [1.29, 1.82) is 0 Å². The van der Waals surface area contributed by atoms with Gasteiger partial charge in [0.15, 0.2) is 0 Å². The van der Waals surface area contributed by atoms with Crippen LogP contribution in [0.1, 0.15) is 36.0 Å². The fourth-order valence-electron chi connectivity index (χ4n) is 3.86. The zero-order valence-electron chi connectivity index (χ0n) is 13.9. The van der Waals surface area contributed by atoms with E-state index in [1.807, 2.05) is 4.90 Å². The molecule has 0 aromatic heterocycles. The highest BCUT2D eigenvalue weighted by Crippen LogP contribution is 2.41. The second kappa shape index (κ2) is 6.20. The molecule has 7 heteroatoms. The molecule has 1 spiro atoms. The van der Waals surface area contributed by atoms with Gasteiger partial charge in [0.05, 0.1) is 16.4 Å². The van der Waals surface area contributed by atoms with E-state index in [-0.39, 0.29) is 23.1 Å². The number of nitrogens with zero attached hydrogens (tertiary/aromatic N) is 2. The molecular formula is C18H21FN2O3S. The van der Waals surface area contributed by atoms with Gasteiger partial charge in [-0.15, -0.1) is 0 Å². The SMILES string of the molecule is O=C(c1ccccc1F)N1CCC2(CC1)N(CC1CC1)C(=O)CS2=O. The van der Waals surface area contributed by atoms with Crippen LogP contribution in [0, 0.1) is 11.7 Å². The van der Waals surface area contributed by atoms with E-state index in [9.17, 15) is 18.2 Å². The summed E-state index contributed by atoms with van der Waals surface area (Å²) in [5, 5.41) is 0. The summed E-state index contributed by atoms with van der Waals surface area (Å²) >= 11 is 0. The number of carbonyl (C=O) groups is 2. The van der Waals surface area contributed by atoms with E-state index in [0.717, 1.165) is 12.8 Å². The zero-order valence-corrected chi connectivity index (χ0v) is 14.8. The van der Waals surface area contributed by atoms with Crippen molar-refractivity contribution in [1.82, 2.24) is 9.80 Å². The van der Waals surface area contributed by atoms with Gasteiger partial charge in [0, 0.05) is 32.5 Å². The van der Waals surface area contributed by atoms with Crippen LogP contribution >= 0.6 is 0 Å². The molecule has 2 amide bonds. The normalized spacial score (nSPS) is 25.6. The molecule has 1 atom stereocenters. The first-order valence-corrected chi connectivity index (χ1v) is 10.1. The Hall–Kier alpha value is -1.76. The Morgan fingerprint density at radius 3 is 2.56 bits per heavy atom. The first kappa shape index (κ1) is 16.7. The van der Waals surface area contributed by atoms with E-state index in [1.54, 1.807) is 17.0 Å². The van der Waals surface area contributed by atoms with E-state index in [0.29, 0.717) is 38.4 Å².